The van der Waals surface area contributed by atoms with Crippen molar-refractivity contribution in [3.63, 3.8) is 0 Å². The minimum absolute atomic E-state index is 0.262. The maximum atomic E-state index is 10.8. The van der Waals surface area contributed by atoms with Gasteiger partial charge in [0.15, 0.2) is 9.98 Å². The van der Waals surface area contributed by atoms with E-state index in [2.05, 4.69) is 9.97 Å². The molecule has 0 saturated heterocycles. The number of hydrogen-bond donors (Lipinski definition) is 0. The molecule has 0 unspecified atom stereocenters. The van der Waals surface area contributed by atoms with Crippen molar-refractivity contribution in [2.45, 2.75) is 6.92 Å². The third-order valence-electron chi connectivity index (χ3n) is 1.69. The zero-order valence-electron chi connectivity index (χ0n) is 7.63. The van der Waals surface area contributed by atoms with Crippen molar-refractivity contribution in [1.29, 1.82) is 0 Å². The second kappa shape index (κ2) is 3.59. The van der Waals surface area contributed by atoms with Gasteiger partial charge < -0.3 is 4.84 Å². The van der Waals surface area contributed by atoms with Gasteiger partial charge in [0, 0.05) is 19.3 Å². The van der Waals surface area contributed by atoms with E-state index < -0.39 is 5.97 Å². The summed E-state index contributed by atoms with van der Waals surface area (Å²) in [6, 6.07) is 0. The fraction of sp³-hybridized carbons (Fsp3) is 0.125. The highest BCUT2D eigenvalue weighted by Gasteiger charge is 2.34. The van der Waals surface area contributed by atoms with Gasteiger partial charge >= 0.3 is 5.97 Å². The standard InChI is InChI=1S/C8H5N3O2S2/c1-4(12)13-11-7(14)5-6(8(11)15)10-3-2-9-5/h2-3H,1H3. The minimum Gasteiger partial charge on any atom is -0.335 e. The normalized spacial score (nSPS) is 14.1. The van der Waals surface area contributed by atoms with Crippen LogP contribution in [0.4, 0.5) is 0 Å². The summed E-state index contributed by atoms with van der Waals surface area (Å²) in [6.45, 7) is 1.27. The number of thiocarbonyl (C=S) groups is 2. The smallest absolute Gasteiger partial charge is 0.329 e. The van der Waals surface area contributed by atoms with E-state index in [1.807, 2.05) is 0 Å². The average Bonchev–Trinajstić information content (AvgIpc) is 2.44. The predicted octanol–water partition coefficient (Wildman–Crippen LogP) is 0.621. The quantitative estimate of drug-likeness (QED) is 0.666. The number of aromatic nitrogens is 2. The molecule has 0 aliphatic carbocycles. The van der Waals surface area contributed by atoms with Gasteiger partial charge in [-0.2, -0.15) is 0 Å². The van der Waals surface area contributed by atoms with Gasteiger partial charge in [-0.05, 0) is 0 Å². The van der Waals surface area contributed by atoms with Gasteiger partial charge in [-0.1, -0.05) is 24.4 Å². The maximum absolute atomic E-state index is 10.8. The molecule has 0 atom stereocenters. The van der Waals surface area contributed by atoms with Gasteiger partial charge in [-0.25, -0.2) is 14.8 Å². The largest absolute Gasteiger partial charge is 0.335 e. The van der Waals surface area contributed by atoms with Crippen LogP contribution < -0.4 is 0 Å². The number of nitrogens with zero attached hydrogens (tertiary/aromatic N) is 3. The molecule has 0 N–H and O–H groups in total. The Morgan fingerprint density at radius 3 is 2.13 bits per heavy atom. The lowest BCUT2D eigenvalue weighted by atomic mass is 10.4. The van der Waals surface area contributed by atoms with Crippen LogP contribution in [0.1, 0.15) is 18.3 Å². The SMILES string of the molecule is CC(=O)ON1C(=S)c2nccnc2C1=S. The Labute approximate surface area is 96.0 Å². The van der Waals surface area contributed by atoms with Gasteiger partial charge in [0.25, 0.3) is 0 Å². The van der Waals surface area contributed by atoms with E-state index in [0.717, 1.165) is 5.06 Å². The van der Waals surface area contributed by atoms with E-state index in [1.165, 1.54) is 19.3 Å². The summed E-state index contributed by atoms with van der Waals surface area (Å²) in [4.78, 5) is 24.2. The van der Waals surface area contributed by atoms with Crippen molar-refractivity contribution < 1.29 is 9.63 Å². The first kappa shape index (κ1) is 10.1. The molecule has 5 nitrogen and oxygen atoms in total. The number of carbonyl (C=O) groups is 1. The average molecular weight is 239 g/mol. The molecule has 0 aromatic carbocycles. The number of hydrogen-bond acceptors (Lipinski definition) is 6. The molecule has 1 aromatic heterocycles. The van der Waals surface area contributed by atoms with E-state index in [9.17, 15) is 4.79 Å². The fourth-order valence-electron chi connectivity index (χ4n) is 1.15. The lowest BCUT2D eigenvalue weighted by Crippen LogP contribution is -2.30. The summed E-state index contributed by atoms with van der Waals surface area (Å²) in [5.41, 5.74) is 0.942. The molecule has 7 heteroatoms. The summed E-state index contributed by atoms with van der Waals surface area (Å²) in [5, 5.41) is 1.09. The molecule has 0 radical (unpaired) electrons. The number of hydroxylamine groups is 2. The third-order valence-corrected chi connectivity index (χ3v) is 2.41. The van der Waals surface area contributed by atoms with E-state index in [0.29, 0.717) is 11.4 Å². The second-order valence-corrected chi connectivity index (χ2v) is 3.51. The van der Waals surface area contributed by atoms with Crippen molar-refractivity contribution in [2.75, 3.05) is 0 Å². The predicted molar refractivity (Wildman–Crippen MR) is 59.0 cm³/mol. The maximum Gasteiger partial charge on any atom is 0.329 e. The molecule has 1 aliphatic heterocycles. The Kier molecular flexibility index (Phi) is 2.41. The van der Waals surface area contributed by atoms with Crippen LogP contribution in [0.15, 0.2) is 12.4 Å². The number of rotatable bonds is 1. The summed E-state index contributed by atoms with van der Waals surface area (Å²) in [6.07, 6.45) is 3.01. The van der Waals surface area contributed by atoms with Crippen LogP contribution in [0.3, 0.4) is 0 Å². The van der Waals surface area contributed by atoms with Gasteiger partial charge in [0.05, 0.1) is 0 Å². The lowest BCUT2D eigenvalue weighted by molar-refractivity contribution is -0.158. The monoisotopic (exact) mass is 239 g/mol. The van der Waals surface area contributed by atoms with E-state index in [1.54, 1.807) is 0 Å². The first-order valence-corrected chi connectivity index (χ1v) is 4.81. The summed E-state index contributed by atoms with van der Waals surface area (Å²) >= 11 is 10.1. The molecular weight excluding hydrogens is 234 g/mol. The molecule has 0 fully saturated rings. The van der Waals surface area contributed by atoms with E-state index >= 15 is 0 Å². The van der Waals surface area contributed by atoms with Gasteiger partial charge in [-0.3, -0.25) is 0 Å². The molecule has 76 valence electrons. The van der Waals surface area contributed by atoms with Gasteiger partial charge in [0.2, 0.25) is 0 Å². The molecular formula is C8H5N3O2S2. The summed E-state index contributed by atoms with van der Waals surface area (Å²) < 4.78 is 0. The Morgan fingerprint density at radius 2 is 1.73 bits per heavy atom. The number of fused-ring (bicyclic) bond motifs is 1. The first-order valence-electron chi connectivity index (χ1n) is 3.99. The Morgan fingerprint density at radius 1 is 1.27 bits per heavy atom. The van der Waals surface area contributed by atoms with Crippen molar-refractivity contribution >= 4 is 40.4 Å². The highest BCUT2D eigenvalue weighted by Crippen LogP contribution is 2.20. The Hall–Kier alpha value is -1.47. The zero-order valence-corrected chi connectivity index (χ0v) is 9.26. The summed E-state index contributed by atoms with van der Waals surface area (Å²) in [5.74, 6) is -0.493. The Bertz CT molecular complexity index is 440. The molecule has 1 aliphatic rings. The van der Waals surface area contributed by atoms with Crippen LogP contribution in [0.2, 0.25) is 0 Å². The van der Waals surface area contributed by atoms with Crippen LogP contribution in [0.25, 0.3) is 0 Å². The second-order valence-electron chi connectivity index (χ2n) is 2.74. The molecule has 0 saturated carbocycles. The van der Waals surface area contributed by atoms with Gasteiger partial charge in [0.1, 0.15) is 11.4 Å². The first-order chi connectivity index (χ1) is 7.11. The molecule has 15 heavy (non-hydrogen) atoms. The summed E-state index contributed by atoms with van der Waals surface area (Å²) in [7, 11) is 0. The molecule has 0 spiro atoms. The lowest BCUT2D eigenvalue weighted by Gasteiger charge is -2.14. The van der Waals surface area contributed by atoms with Crippen molar-refractivity contribution in [3.05, 3.63) is 23.8 Å². The number of carbonyl (C=O) groups excluding carboxylic acids is 1. The van der Waals surface area contributed by atoms with Crippen molar-refractivity contribution in [1.82, 2.24) is 15.0 Å². The minimum atomic E-state index is -0.493. The fourth-order valence-corrected chi connectivity index (χ4v) is 1.76. The topological polar surface area (TPSA) is 55.3 Å². The zero-order chi connectivity index (χ0) is 11.0. The van der Waals surface area contributed by atoms with Crippen molar-refractivity contribution in [2.24, 2.45) is 0 Å². The van der Waals surface area contributed by atoms with Crippen molar-refractivity contribution in [3.8, 4) is 0 Å². The van der Waals surface area contributed by atoms with Gasteiger partial charge in [-0.15, -0.1) is 5.06 Å². The molecule has 0 bridgehead atoms. The molecule has 2 rings (SSSR count). The Balaban J connectivity index is 2.41. The van der Waals surface area contributed by atoms with Crippen LogP contribution in [0, 0.1) is 0 Å². The highest BCUT2D eigenvalue weighted by atomic mass is 32.1. The van der Waals surface area contributed by atoms with Crippen LogP contribution in [0.5, 0.6) is 0 Å². The molecule has 1 aromatic rings. The van der Waals surface area contributed by atoms with E-state index in [4.69, 9.17) is 29.3 Å². The van der Waals surface area contributed by atoms with E-state index in [-0.39, 0.29) is 9.98 Å². The molecule has 0 amide bonds. The molecule has 2 heterocycles. The highest BCUT2D eigenvalue weighted by molar-refractivity contribution is 7.82. The van der Waals surface area contributed by atoms with Crippen LogP contribution >= 0.6 is 24.4 Å². The van der Waals surface area contributed by atoms with Crippen LogP contribution in [-0.4, -0.2) is 31.0 Å². The third kappa shape index (κ3) is 1.59. The van der Waals surface area contributed by atoms with Crippen LogP contribution in [-0.2, 0) is 9.63 Å².